The monoisotopic (exact) mass is 188 g/mol. The molecule has 2 nitrogen and oxygen atoms in total. The molecule has 1 heterocycles. The number of aryl methyl sites for hydroxylation is 1. The summed E-state index contributed by atoms with van der Waals surface area (Å²) >= 11 is 3.37. The third kappa shape index (κ3) is 2.45. The zero-order valence-corrected chi connectivity index (χ0v) is 8.63. The third-order valence-corrected chi connectivity index (χ3v) is 3.88. The summed E-state index contributed by atoms with van der Waals surface area (Å²) in [7, 11) is 0. The van der Waals surface area contributed by atoms with Crippen molar-refractivity contribution in [2.75, 3.05) is 0 Å². The molecule has 0 fully saturated rings. The molecule has 0 aliphatic carbocycles. The Hall–Kier alpha value is -0.0900. The molecule has 0 amide bonds. The van der Waals surface area contributed by atoms with Crippen LogP contribution in [-0.4, -0.2) is 14.8 Å². The van der Waals surface area contributed by atoms with Crippen LogP contribution >= 0.6 is 23.3 Å². The van der Waals surface area contributed by atoms with Crippen LogP contribution in [0.1, 0.15) is 26.0 Å². The van der Waals surface area contributed by atoms with Gasteiger partial charge in [0, 0.05) is 5.25 Å². The van der Waals surface area contributed by atoms with Crippen molar-refractivity contribution in [1.82, 2.24) is 9.59 Å². The smallest absolute Gasteiger partial charge is 0.104 e. The van der Waals surface area contributed by atoms with Crippen LogP contribution in [0.25, 0.3) is 0 Å². The first-order valence-electron chi connectivity index (χ1n) is 3.69. The van der Waals surface area contributed by atoms with Crippen LogP contribution in [0.4, 0.5) is 0 Å². The number of rotatable bonds is 3. The molecule has 0 aromatic carbocycles. The number of hydrogen-bond donors (Lipinski definition) is 0. The van der Waals surface area contributed by atoms with Crippen LogP contribution in [0.3, 0.4) is 0 Å². The van der Waals surface area contributed by atoms with Gasteiger partial charge in [0.2, 0.25) is 0 Å². The summed E-state index contributed by atoms with van der Waals surface area (Å²) in [4.78, 5) is 0. The Kier molecular flexibility index (Phi) is 3.33. The molecule has 1 atom stereocenters. The van der Waals surface area contributed by atoms with E-state index in [0.717, 1.165) is 5.69 Å². The fourth-order valence-electron chi connectivity index (χ4n) is 0.598. The van der Waals surface area contributed by atoms with Gasteiger partial charge >= 0.3 is 0 Å². The minimum absolute atomic E-state index is 0.677. The molecule has 0 unspecified atom stereocenters. The first kappa shape index (κ1) is 9.00. The summed E-state index contributed by atoms with van der Waals surface area (Å²) in [6.07, 6.45) is 1.20. The second-order valence-electron chi connectivity index (χ2n) is 2.48. The van der Waals surface area contributed by atoms with Gasteiger partial charge < -0.3 is 0 Å². The molecule has 1 rings (SSSR count). The van der Waals surface area contributed by atoms with E-state index >= 15 is 0 Å². The SMILES string of the molecule is CC[C@@H](C)Sc1snnc1C. The quantitative estimate of drug-likeness (QED) is 0.682. The van der Waals surface area contributed by atoms with Crippen molar-refractivity contribution < 1.29 is 0 Å². The van der Waals surface area contributed by atoms with E-state index in [1.54, 1.807) is 0 Å². The van der Waals surface area contributed by atoms with Crippen LogP contribution < -0.4 is 0 Å². The Labute approximate surface area is 75.6 Å². The molecular weight excluding hydrogens is 176 g/mol. The van der Waals surface area contributed by atoms with E-state index in [4.69, 9.17) is 0 Å². The van der Waals surface area contributed by atoms with Gasteiger partial charge in [-0.05, 0) is 24.9 Å². The lowest BCUT2D eigenvalue weighted by Gasteiger charge is -2.04. The van der Waals surface area contributed by atoms with Crippen molar-refractivity contribution >= 4 is 23.3 Å². The fourth-order valence-corrected chi connectivity index (χ4v) is 2.52. The first-order valence-corrected chi connectivity index (χ1v) is 5.35. The molecule has 0 spiro atoms. The molecule has 0 aliphatic heterocycles. The Morgan fingerprint density at radius 1 is 1.64 bits per heavy atom. The van der Waals surface area contributed by atoms with Gasteiger partial charge in [-0.15, -0.1) is 16.9 Å². The van der Waals surface area contributed by atoms with Gasteiger partial charge in [-0.25, -0.2) is 0 Å². The highest BCUT2D eigenvalue weighted by molar-refractivity contribution is 8.01. The minimum atomic E-state index is 0.677. The Morgan fingerprint density at radius 3 is 2.82 bits per heavy atom. The highest BCUT2D eigenvalue weighted by Gasteiger charge is 2.07. The summed E-state index contributed by atoms with van der Waals surface area (Å²) in [6, 6.07) is 0. The van der Waals surface area contributed by atoms with Gasteiger partial charge in [0.25, 0.3) is 0 Å². The maximum atomic E-state index is 3.95. The lowest BCUT2D eigenvalue weighted by molar-refractivity contribution is 0.905. The van der Waals surface area contributed by atoms with Gasteiger partial charge in [-0.3, -0.25) is 0 Å². The Bertz CT molecular complexity index is 222. The first-order chi connectivity index (χ1) is 5.24. The van der Waals surface area contributed by atoms with Crippen molar-refractivity contribution in [3.05, 3.63) is 5.69 Å². The number of thioether (sulfide) groups is 1. The zero-order valence-electron chi connectivity index (χ0n) is 7.00. The molecular formula is C7H12N2S2. The summed E-state index contributed by atoms with van der Waals surface area (Å²) in [5.41, 5.74) is 1.07. The summed E-state index contributed by atoms with van der Waals surface area (Å²) in [5.74, 6) is 0. The molecule has 11 heavy (non-hydrogen) atoms. The van der Waals surface area contributed by atoms with E-state index in [1.165, 1.54) is 22.2 Å². The third-order valence-electron chi connectivity index (χ3n) is 1.49. The van der Waals surface area contributed by atoms with E-state index in [9.17, 15) is 0 Å². The Balaban J connectivity index is 2.56. The highest BCUT2D eigenvalue weighted by atomic mass is 32.2. The van der Waals surface area contributed by atoms with Gasteiger partial charge in [-0.1, -0.05) is 18.3 Å². The lowest BCUT2D eigenvalue weighted by atomic mass is 10.4. The van der Waals surface area contributed by atoms with Crippen molar-refractivity contribution in [1.29, 1.82) is 0 Å². The second-order valence-corrected chi connectivity index (χ2v) is 4.94. The second kappa shape index (κ2) is 4.07. The van der Waals surface area contributed by atoms with Crippen molar-refractivity contribution in [2.24, 2.45) is 0 Å². The zero-order chi connectivity index (χ0) is 8.27. The topological polar surface area (TPSA) is 25.8 Å². The average Bonchev–Trinajstić information content (AvgIpc) is 2.37. The molecule has 4 heteroatoms. The summed E-state index contributed by atoms with van der Waals surface area (Å²) in [5, 5.41) is 4.63. The maximum absolute atomic E-state index is 3.95. The summed E-state index contributed by atoms with van der Waals surface area (Å²) < 4.78 is 5.14. The molecule has 0 radical (unpaired) electrons. The van der Waals surface area contributed by atoms with Crippen LogP contribution in [0.5, 0.6) is 0 Å². The average molecular weight is 188 g/mol. The largest absolute Gasteiger partial charge is 0.142 e. The molecule has 0 N–H and O–H groups in total. The summed E-state index contributed by atoms with van der Waals surface area (Å²) in [6.45, 7) is 6.43. The standard InChI is InChI=1S/C7H12N2S2/c1-4-5(2)10-7-6(3)8-9-11-7/h5H,4H2,1-3H3/t5-/m1/s1. The Morgan fingerprint density at radius 2 is 2.36 bits per heavy atom. The predicted molar refractivity (Wildman–Crippen MR) is 50.3 cm³/mol. The molecule has 62 valence electrons. The maximum Gasteiger partial charge on any atom is 0.104 e. The van der Waals surface area contributed by atoms with E-state index in [0.29, 0.717) is 5.25 Å². The highest BCUT2D eigenvalue weighted by Crippen LogP contribution is 2.29. The number of nitrogens with zero attached hydrogens (tertiary/aromatic N) is 2. The predicted octanol–water partition coefficient (Wildman–Crippen LogP) is 2.74. The van der Waals surface area contributed by atoms with E-state index in [1.807, 2.05) is 18.7 Å². The minimum Gasteiger partial charge on any atom is -0.142 e. The van der Waals surface area contributed by atoms with E-state index < -0.39 is 0 Å². The van der Waals surface area contributed by atoms with Gasteiger partial charge in [0.1, 0.15) is 4.21 Å². The van der Waals surface area contributed by atoms with Crippen LogP contribution in [0, 0.1) is 6.92 Å². The van der Waals surface area contributed by atoms with Crippen LogP contribution in [-0.2, 0) is 0 Å². The van der Waals surface area contributed by atoms with Crippen molar-refractivity contribution in [3.63, 3.8) is 0 Å². The van der Waals surface area contributed by atoms with Crippen molar-refractivity contribution in [3.8, 4) is 0 Å². The van der Waals surface area contributed by atoms with Crippen LogP contribution in [0.15, 0.2) is 4.21 Å². The fraction of sp³-hybridized carbons (Fsp3) is 0.714. The van der Waals surface area contributed by atoms with Crippen molar-refractivity contribution in [2.45, 2.75) is 36.7 Å². The van der Waals surface area contributed by atoms with Gasteiger partial charge in [0.15, 0.2) is 0 Å². The lowest BCUT2D eigenvalue weighted by Crippen LogP contribution is -1.91. The number of aromatic nitrogens is 2. The molecule has 0 aliphatic rings. The molecule has 1 aromatic heterocycles. The number of hydrogen-bond acceptors (Lipinski definition) is 4. The molecule has 0 saturated heterocycles. The molecule has 1 aromatic rings. The molecule has 0 bridgehead atoms. The van der Waals surface area contributed by atoms with Gasteiger partial charge in [-0.2, -0.15) is 0 Å². The van der Waals surface area contributed by atoms with Crippen LogP contribution in [0.2, 0.25) is 0 Å². The normalized spacial score (nSPS) is 13.4. The van der Waals surface area contributed by atoms with Gasteiger partial charge in [0.05, 0.1) is 5.69 Å². The van der Waals surface area contributed by atoms with E-state index in [-0.39, 0.29) is 0 Å². The molecule has 0 saturated carbocycles. The van der Waals surface area contributed by atoms with E-state index in [2.05, 4.69) is 23.4 Å².